The molecule has 3 rings (SSSR count). The second kappa shape index (κ2) is 6.32. The smallest absolute Gasteiger partial charge is 0.179 e. The zero-order valence-corrected chi connectivity index (χ0v) is 14.7. The maximum Gasteiger partial charge on any atom is 0.179 e. The molecule has 0 unspecified atom stereocenters. The number of hydrogen-bond donors (Lipinski definition) is 0. The van der Waals surface area contributed by atoms with Gasteiger partial charge in [0, 0.05) is 29.0 Å². The predicted octanol–water partition coefficient (Wildman–Crippen LogP) is 3.79. The number of benzene rings is 1. The Morgan fingerprint density at radius 3 is 2.73 bits per heavy atom. The Kier molecular flexibility index (Phi) is 4.59. The van der Waals surface area contributed by atoms with E-state index in [9.17, 15) is 8.42 Å². The van der Waals surface area contributed by atoms with Gasteiger partial charge < -0.3 is 0 Å². The van der Waals surface area contributed by atoms with Gasteiger partial charge in [0.05, 0.1) is 10.6 Å². The lowest BCUT2D eigenvalue weighted by atomic mass is 10.0. The van der Waals surface area contributed by atoms with Crippen molar-refractivity contribution < 1.29 is 8.42 Å². The standard InChI is InChI=1S/C16H18ClNO2S2/c1-12-15-7-10-21-16(15)6-8-18(12)9-11-22(19,20)14-4-2-13(17)3-5-14/h2-5,7,10,12H,6,8-9,11H2,1H3/t12-/m0/s1. The number of sulfone groups is 1. The highest BCUT2D eigenvalue weighted by molar-refractivity contribution is 7.91. The van der Waals surface area contributed by atoms with Crippen molar-refractivity contribution in [3.05, 3.63) is 51.2 Å². The van der Waals surface area contributed by atoms with Crippen LogP contribution in [0.3, 0.4) is 0 Å². The molecule has 1 aliphatic heterocycles. The van der Waals surface area contributed by atoms with Crippen molar-refractivity contribution >= 4 is 32.8 Å². The molecule has 0 aliphatic carbocycles. The van der Waals surface area contributed by atoms with Crippen LogP contribution in [0.4, 0.5) is 0 Å². The second-order valence-corrected chi connectivity index (χ2v) is 9.08. The number of nitrogens with zero attached hydrogens (tertiary/aromatic N) is 1. The van der Waals surface area contributed by atoms with Crippen LogP contribution in [0.1, 0.15) is 23.4 Å². The van der Waals surface area contributed by atoms with E-state index in [2.05, 4.69) is 23.3 Å². The summed E-state index contributed by atoms with van der Waals surface area (Å²) in [5.41, 5.74) is 1.35. The molecule has 0 saturated carbocycles. The Morgan fingerprint density at radius 2 is 2.00 bits per heavy atom. The topological polar surface area (TPSA) is 37.4 Å². The number of halogens is 1. The van der Waals surface area contributed by atoms with Crippen molar-refractivity contribution in [3.63, 3.8) is 0 Å². The van der Waals surface area contributed by atoms with Gasteiger partial charge in [-0.15, -0.1) is 11.3 Å². The van der Waals surface area contributed by atoms with Crippen molar-refractivity contribution in [2.24, 2.45) is 0 Å². The summed E-state index contributed by atoms with van der Waals surface area (Å²) in [6.45, 7) is 3.63. The molecule has 1 atom stereocenters. The minimum Gasteiger partial charge on any atom is -0.295 e. The van der Waals surface area contributed by atoms with E-state index >= 15 is 0 Å². The quantitative estimate of drug-likeness (QED) is 0.837. The molecule has 0 N–H and O–H groups in total. The van der Waals surface area contributed by atoms with Crippen LogP contribution < -0.4 is 0 Å². The molecule has 118 valence electrons. The van der Waals surface area contributed by atoms with Gasteiger partial charge in [0.15, 0.2) is 9.84 Å². The molecular weight excluding hydrogens is 338 g/mol. The first-order valence-electron chi connectivity index (χ1n) is 7.26. The van der Waals surface area contributed by atoms with Crippen LogP contribution in [0.15, 0.2) is 40.6 Å². The van der Waals surface area contributed by atoms with Gasteiger partial charge >= 0.3 is 0 Å². The minimum absolute atomic E-state index is 0.137. The monoisotopic (exact) mass is 355 g/mol. The third-order valence-electron chi connectivity index (χ3n) is 4.22. The summed E-state index contributed by atoms with van der Waals surface area (Å²) in [5, 5.41) is 2.67. The molecule has 6 heteroatoms. The number of rotatable bonds is 4. The van der Waals surface area contributed by atoms with Crippen molar-refractivity contribution in [2.45, 2.75) is 24.3 Å². The third-order valence-corrected chi connectivity index (χ3v) is 7.18. The fraction of sp³-hybridized carbons (Fsp3) is 0.375. The Bertz CT molecular complexity index is 753. The Hall–Kier alpha value is -0.880. The summed E-state index contributed by atoms with van der Waals surface area (Å²) in [4.78, 5) is 4.03. The third kappa shape index (κ3) is 3.23. The van der Waals surface area contributed by atoms with Gasteiger partial charge in [-0.2, -0.15) is 0 Å². The normalized spacial score (nSPS) is 19.1. The van der Waals surface area contributed by atoms with Crippen LogP contribution in [0.2, 0.25) is 5.02 Å². The van der Waals surface area contributed by atoms with Gasteiger partial charge in [-0.1, -0.05) is 11.6 Å². The fourth-order valence-electron chi connectivity index (χ4n) is 2.86. The number of thiophene rings is 1. The van der Waals surface area contributed by atoms with E-state index in [-0.39, 0.29) is 11.8 Å². The molecule has 22 heavy (non-hydrogen) atoms. The molecular formula is C16H18ClNO2S2. The summed E-state index contributed by atoms with van der Waals surface area (Å²) in [7, 11) is -3.26. The first-order chi connectivity index (χ1) is 10.5. The first kappa shape index (κ1) is 16.0. The lowest BCUT2D eigenvalue weighted by molar-refractivity contribution is 0.212. The molecule has 0 radical (unpaired) electrons. The van der Waals surface area contributed by atoms with Crippen molar-refractivity contribution in [2.75, 3.05) is 18.8 Å². The molecule has 1 aromatic carbocycles. The van der Waals surface area contributed by atoms with Gasteiger partial charge in [-0.3, -0.25) is 4.90 Å². The first-order valence-corrected chi connectivity index (χ1v) is 10.2. The highest BCUT2D eigenvalue weighted by Gasteiger charge is 2.26. The van der Waals surface area contributed by atoms with E-state index in [0.717, 1.165) is 13.0 Å². The highest BCUT2D eigenvalue weighted by atomic mass is 35.5. The van der Waals surface area contributed by atoms with E-state index in [4.69, 9.17) is 11.6 Å². The lowest BCUT2D eigenvalue weighted by Crippen LogP contribution is -2.36. The van der Waals surface area contributed by atoms with Crippen molar-refractivity contribution in [1.29, 1.82) is 0 Å². The second-order valence-electron chi connectivity index (χ2n) is 5.53. The van der Waals surface area contributed by atoms with E-state index in [1.165, 1.54) is 10.4 Å². The van der Waals surface area contributed by atoms with E-state index in [1.54, 1.807) is 35.6 Å². The molecule has 1 aromatic heterocycles. The zero-order chi connectivity index (χ0) is 15.7. The predicted molar refractivity (Wildman–Crippen MR) is 91.5 cm³/mol. The Labute approximate surface area is 140 Å². The maximum absolute atomic E-state index is 12.4. The lowest BCUT2D eigenvalue weighted by Gasteiger charge is -2.33. The van der Waals surface area contributed by atoms with Crippen LogP contribution in [0.5, 0.6) is 0 Å². The van der Waals surface area contributed by atoms with Crippen LogP contribution in [-0.4, -0.2) is 32.2 Å². The summed E-state index contributed by atoms with van der Waals surface area (Å²) in [5.74, 6) is 0.137. The van der Waals surface area contributed by atoms with Crippen LogP contribution in [0.25, 0.3) is 0 Å². The number of fused-ring (bicyclic) bond motifs is 1. The molecule has 0 amide bonds. The Morgan fingerprint density at radius 1 is 1.27 bits per heavy atom. The molecule has 0 fully saturated rings. The average molecular weight is 356 g/mol. The molecule has 2 heterocycles. The molecule has 3 nitrogen and oxygen atoms in total. The van der Waals surface area contributed by atoms with Crippen molar-refractivity contribution in [1.82, 2.24) is 4.90 Å². The molecule has 1 aliphatic rings. The van der Waals surface area contributed by atoms with Gasteiger partial charge in [0.1, 0.15) is 0 Å². The molecule has 0 spiro atoms. The summed E-state index contributed by atoms with van der Waals surface area (Å²) < 4.78 is 24.8. The largest absolute Gasteiger partial charge is 0.295 e. The zero-order valence-electron chi connectivity index (χ0n) is 12.3. The molecule has 0 bridgehead atoms. The SMILES string of the molecule is C[C@H]1c2ccsc2CCN1CCS(=O)(=O)c1ccc(Cl)cc1. The summed E-state index contributed by atoms with van der Waals surface area (Å²) >= 11 is 7.61. The Balaban J connectivity index is 1.69. The molecule has 0 saturated heterocycles. The average Bonchev–Trinajstić information content (AvgIpc) is 2.96. The van der Waals surface area contributed by atoms with E-state index in [1.807, 2.05) is 0 Å². The highest BCUT2D eigenvalue weighted by Crippen LogP contribution is 2.32. The van der Waals surface area contributed by atoms with Crippen LogP contribution >= 0.6 is 22.9 Å². The minimum atomic E-state index is -3.26. The van der Waals surface area contributed by atoms with E-state index in [0.29, 0.717) is 16.5 Å². The fourth-order valence-corrected chi connectivity index (χ4v) is 5.21. The van der Waals surface area contributed by atoms with Gasteiger partial charge in [-0.25, -0.2) is 8.42 Å². The van der Waals surface area contributed by atoms with E-state index < -0.39 is 9.84 Å². The van der Waals surface area contributed by atoms with Crippen LogP contribution in [-0.2, 0) is 16.3 Å². The summed E-state index contributed by atoms with van der Waals surface area (Å²) in [6, 6.07) is 8.84. The molecule has 2 aromatic rings. The van der Waals surface area contributed by atoms with Crippen molar-refractivity contribution in [3.8, 4) is 0 Å². The van der Waals surface area contributed by atoms with Crippen LogP contribution in [0, 0.1) is 0 Å². The van der Waals surface area contributed by atoms with Gasteiger partial charge in [-0.05, 0) is 54.6 Å². The maximum atomic E-state index is 12.4. The number of hydrogen-bond acceptors (Lipinski definition) is 4. The summed E-state index contributed by atoms with van der Waals surface area (Å²) in [6.07, 6.45) is 1.01. The van der Waals surface area contributed by atoms with Gasteiger partial charge in [0.2, 0.25) is 0 Å². The van der Waals surface area contributed by atoms with Gasteiger partial charge in [0.25, 0.3) is 0 Å².